The van der Waals surface area contributed by atoms with Gasteiger partial charge < -0.3 is 5.11 Å². The summed E-state index contributed by atoms with van der Waals surface area (Å²) in [6, 6.07) is 2.53. The van der Waals surface area contributed by atoms with E-state index in [9.17, 15) is 4.39 Å². The van der Waals surface area contributed by atoms with Crippen LogP contribution < -0.4 is 0 Å². The Morgan fingerprint density at radius 3 is 2.60 bits per heavy atom. The maximum atomic E-state index is 12.5. The summed E-state index contributed by atoms with van der Waals surface area (Å²) in [4.78, 5) is 0. The molecule has 0 amide bonds. The quantitative estimate of drug-likeness (QED) is 0.569. The van der Waals surface area contributed by atoms with Crippen LogP contribution in [0.4, 0.5) is 4.39 Å². The summed E-state index contributed by atoms with van der Waals surface area (Å²) in [6.45, 7) is 0. The Bertz CT molecular complexity index is 237. The van der Waals surface area contributed by atoms with E-state index in [2.05, 4.69) is 0 Å². The fraction of sp³-hybridized carbons (Fsp3) is 0. The van der Waals surface area contributed by atoms with Crippen LogP contribution in [0.5, 0.6) is 5.75 Å². The number of phenolic OH excluding ortho intramolecular Hbond substituents is 1. The first-order valence-corrected chi connectivity index (χ1v) is 3.91. The summed E-state index contributed by atoms with van der Waals surface area (Å²) in [5.74, 6) is -0.648. The lowest BCUT2D eigenvalue weighted by Gasteiger charge is -1.98. The first-order chi connectivity index (χ1) is 4.63. The van der Waals surface area contributed by atoms with E-state index < -0.39 is 5.82 Å². The van der Waals surface area contributed by atoms with Gasteiger partial charge in [-0.15, -0.1) is 0 Å². The molecule has 1 aromatic carbocycles. The number of hydrogen-bond donors (Lipinski definition) is 1. The summed E-state index contributed by atoms with van der Waals surface area (Å²) >= 11 is 7.15. The minimum atomic E-state index is -0.456. The van der Waals surface area contributed by atoms with Gasteiger partial charge in [-0.05, 0) is 34.7 Å². The summed E-state index contributed by atoms with van der Waals surface area (Å²) in [5, 5.41) is 9.18. The van der Waals surface area contributed by atoms with Gasteiger partial charge in [0.15, 0.2) is 0 Å². The Hall–Kier alpha value is -0.0300. The molecule has 1 aromatic rings. The van der Waals surface area contributed by atoms with E-state index in [0.29, 0.717) is 0 Å². The fourth-order valence-corrected chi connectivity index (χ4v) is 1.30. The van der Waals surface area contributed by atoms with Crippen molar-refractivity contribution in [1.82, 2.24) is 0 Å². The van der Waals surface area contributed by atoms with Crippen LogP contribution in [0.15, 0.2) is 12.1 Å². The maximum absolute atomic E-state index is 12.5. The predicted molar refractivity (Wildman–Crippen MR) is 45.8 cm³/mol. The van der Waals surface area contributed by atoms with Crippen LogP contribution in [0.25, 0.3) is 0 Å². The molecule has 1 N–H and O–H groups in total. The molecule has 0 radical (unpaired) electrons. The van der Waals surface area contributed by atoms with Gasteiger partial charge in [-0.1, -0.05) is 11.6 Å². The molecular weight excluding hydrogens is 269 g/mol. The van der Waals surface area contributed by atoms with Crippen molar-refractivity contribution in [2.24, 2.45) is 0 Å². The van der Waals surface area contributed by atoms with Gasteiger partial charge in [-0.3, -0.25) is 0 Å². The van der Waals surface area contributed by atoms with Gasteiger partial charge in [-0.25, -0.2) is 4.39 Å². The Morgan fingerprint density at radius 2 is 2.10 bits per heavy atom. The molecule has 0 aliphatic carbocycles. The monoisotopic (exact) mass is 272 g/mol. The van der Waals surface area contributed by atoms with Crippen molar-refractivity contribution in [2.75, 3.05) is 0 Å². The molecule has 0 aromatic heterocycles. The number of aromatic hydroxyl groups is 1. The molecule has 0 aliphatic rings. The summed E-state index contributed by atoms with van der Waals surface area (Å²) < 4.78 is 12.7. The number of benzene rings is 1. The van der Waals surface area contributed by atoms with Crippen molar-refractivity contribution in [3.8, 4) is 5.75 Å². The van der Waals surface area contributed by atoms with Crippen LogP contribution in [0.2, 0.25) is 5.02 Å². The Morgan fingerprint density at radius 1 is 1.50 bits per heavy atom. The predicted octanol–water partition coefficient (Wildman–Crippen LogP) is 2.79. The number of rotatable bonds is 0. The first kappa shape index (κ1) is 8.07. The van der Waals surface area contributed by atoms with Crippen LogP contribution in [0.3, 0.4) is 0 Å². The topological polar surface area (TPSA) is 20.2 Å². The fourth-order valence-electron chi connectivity index (χ4n) is 0.516. The standard InChI is InChI=1S/C6H3ClFIO/c7-3-1-2-4(8)5(9)6(3)10/h1-2,10H. The Balaban J connectivity index is 3.34. The molecule has 54 valence electrons. The third kappa shape index (κ3) is 1.34. The minimum Gasteiger partial charge on any atom is -0.505 e. The lowest BCUT2D eigenvalue weighted by Crippen LogP contribution is -1.81. The maximum Gasteiger partial charge on any atom is 0.150 e. The highest BCUT2D eigenvalue weighted by Crippen LogP contribution is 2.29. The van der Waals surface area contributed by atoms with E-state index in [1.807, 2.05) is 0 Å². The zero-order valence-corrected chi connectivity index (χ0v) is 7.65. The van der Waals surface area contributed by atoms with Crippen molar-refractivity contribution in [1.29, 1.82) is 0 Å². The second kappa shape index (κ2) is 2.92. The van der Waals surface area contributed by atoms with Crippen molar-refractivity contribution in [3.63, 3.8) is 0 Å². The molecular formula is C6H3ClFIO. The SMILES string of the molecule is Oc1c(Cl)ccc(F)c1I. The zero-order valence-electron chi connectivity index (χ0n) is 4.74. The highest BCUT2D eigenvalue weighted by atomic mass is 127. The zero-order chi connectivity index (χ0) is 7.72. The van der Waals surface area contributed by atoms with E-state index in [1.165, 1.54) is 12.1 Å². The molecule has 1 rings (SSSR count). The number of hydrogen-bond acceptors (Lipinski definition) is 1. The van der Waals surface area contributed by atoms with Crippen molar-refractivity contribution >= 4 is 34.2 Å². The minimum absolute atomic E-state index is 0.158. The molecule has 0 aliphatic heterocycles. The Labute approximate surface area is 76.0 Å². The molecule has 0 saturated heterocycles. The first-order valence-electron chi connectivity index (χ1n) is 2.45. The lowest BCUT2D eigenvalue weighted by molar-refractivity contribution is 0.464. The van der Waals surface area contributed by atoms with Crippen LogP contribution in [0, 0.1) is 9.39 Å². The van der Waals surface area contributed by atoms with Crippen molar-refractivity contribution < 1.29 is 9.50 Å². The highest BCUT2D eigenvalue weighted by Gasteiger charge is 2.06. The van der Waals surface area contributed by atoms with E-state index in [-0.39, 0.29) is 14.3 Å². The third-order valence-electron chi connectivity index (χ3n) is 1.02. The van der Waals surface area contributed by atoms with Crippen molar-refractivity contribution in [2.45, 2.75) is 0 Å². The second-order valence-corrected chi connectivity index (χ2v) is 3.18. The van der Waals surface area contributed by atoms with Gasteiger partial charge >= 0.3 is 0 Å². The van der Waals surface area contributed by atoms with Gasteiger partial charge in [0.05, 0.1) is 8.59 Å². The molecule has 10 heavy (non-hydrogen) atoms. The normalized spacial score (nSPS) is 9.90. The summed E-state index contributed by atoms with van der Waals surface area (Å²) in [5.41, 5.74) is 0. The molecule has 0 spiro atoms. The van der Waals surface area contributed by atoms with Gasteiger partial charge in [-0.2, -0.15) is 0 Å². The van der Waals surface area contributed by atoms with E-state index in [4.69, 9.17) is 16.7 Å². The van der Waals surface area contributed by atoms with E-state index >= 15 is 0 Å². The molecule has 4 heteroatoms. The summed E-state index contributed by atoms with van der Waals surface area (Å²) in [7, 11) is 0. The second-order valence-electron chi connectivity index (χ2n) is 1.69. The number of halogens is 3. The Kier molecular flexibility index (Phi) is 2.36. The summed E-state index contributed by atoms with van der Waals surface area (Å²) in [6.07, 6.45) is 0. The van der Waals surface area contributed by atoms with Crippen molar-refractivity contribution in [3.05, 3.63) is 26.5 Å². The molecule has 0 bridgehead atoms. The van der Waals surface area contributed by atoms with Gasteiger partial charge in [0.1, 0.15) is 11.6 Å². The molecule has 0 atom stereocenters. The third-order valence-corrected chi connectivity index (χ3v) is 2.35. The molecule has 0 fully saturated rings. The van der Waals surface area contributed by atoms with Gasteiger partial charge in [0.2, 0.25) is 0 Å². The smallest absolute Gasteiger partial charge is 0.150 e. The van der Waals surface area contributed by atoms with Crippen LogP contribution in [-0.4, -0.2) is 5.11 Å². The molecule has 1 nitrogen and oxygen atoms in total. The average molecular weight is 272 g/mol. The van der Waals surface area contributed by atoms with Crippen LogP contribution >= 0.6 is 34.2 Å². The molecule has 0 unspecified atom stereocenters. The lowest BCUT2D eigenvalue weighted by atomic mass is 10.3. The number of phenols is 1. The molecule has 0 heterocycles. The van der Waals surface area contributed by atoms with Crippen LogP contribution in [-0.2, 0) is 0 Å². The average Bonchev–Trinajstić information content (AvgIpc) is 1.93. The van der Waals surface area contributed by atoms with E-state index in [1.54, 1.807) is 22.6 Å². The largest absolute Gasteiger partial charge is 0.505 e. The van der Waals surface area contributed by atoms with E-state index in [0.717, 1.165) is 0 Å². The van der Waals surface area contributed by atoms with Gasteiger partial charge in [0, 0.05) is 0 Å². The molecule has 0 saturated carbocycles. The highest BCUT2D eigenvalue weighted by molar-refractivity contribution is 14.1. The van der Waals surface area contributed by atoms with Crippen LogP contribution in [0.1, 0.15) is 0 Å². The van der Waals surface area contributed by atoms with Gasteiger partial charge in [0.25, 0.3) is 0 Å².